The van der Waals surface area contributed by atoms with Crippen molar-refractivity contribution in [3.05, 3.63) is 0 Å². The van der Waals surface area contributed by atoms with Gasteiger partial charge in [-0.1, -0.05) is 26.7 Å². The second-order valence-electron chi connectivity index (χ2n) is 5.74. The summed E-state index contributed by atoms with van der Waals surface area (Å²) in [6.45, 7) is 4.71. The molecule has 2 saturated carbocycles. The van der Waals surface area contributed by atoms with Crippen LogP contribution in [0.2, 0.25) is 0 Å². The summed E-state index contributed by atoms with van der Waals surface area (Å²) in [5.74, 6) is 1.53. The first-order valence-electron chi connectivity index (χ1n) is 5.78. The molecule has 1 N–H and O–H groups in total. The van der Waals surface area contributed by atoms with Crippen molar-refractivity contribution in [1.29, 1.82) is 0 Å². The Morgan fingerprint density at radius 2 is 1.85 bits per heavy atom. The SMILES string of the molecule is CC1(C)CC1CC1CCCCC1O. The number of aliphatic hydroxyl groups excluding tert-OH is 1. The largest absolute Gasteiger partial charge is 0.393 e. The average molecular weight is 182 g/mol. The molecule has 0 spiro atoms. The molecule has 0 radical (unpaired) electrons. The predicted octanol–water partition coefficient (Wildman–Crippen LogP) is 2.97. The Morgan fingerprint density at radius 1 is 1.23 bits per heavy atom. The quantitative estimate of drug-likeness (QED) is 0.696. The van der Waals surface area contributed by atoms with Gasteiger partial charge >= 0.3 is 0 Å². The lowest BCUT2D eigenvalue weighted by molar-refractivity contribution is 0.0605. The maximum absolute atomic E-state index is 9.82. The second kappa shape index (κ2) is 3.27. The average Bonchev–Trinajstić information content (AvgIpc) is 2.64. The first-order chi connectivity index (χ1) is 6.09. The smallest absolute Gasteiger partial charge is 0.0568 e. The van der Waals surface area contributed by atoms with E-state index in [9.17, 15) is 5.11 Å². The maximum atomic E-state index is 9.82. The highest BCUT2D eigenvalue weighted by Crippen LogP contribution is 2.55. The van der Waals surface area contributed by atoms with E-state index in [1.54, 1.807) is 0 Å². The molecule has 0 aromatic heterocycles. The van der Waals surface area contributed by atoms with Gasteiger partial charge in [-0.3, -0.25) is 0 Å². The molecule has 0 heterocycles. The maximum Gasteiger partial charge on any atom is 0.0568 e. The van der Waals surface area contributed by atoms with E-state index < -0.39 is 0 Å². The molecule has 3 atom stereocenters. The summed E-state index contributed by atoms with van der Waals surface area (Å²) >= 11 is 0. The minimum Gasteiger partial charge on any atom is -0.393 e. The molecule has 0 aromatic rings. The summed E-state index contributed by atoms with van der Waals surface area (Å²) in [5.41, 5.74) is 0.594. The number of hydrogen-bond donors (Lipinski definition) is 1. The van der Waals surface area contributed by atoms with Crippen molar-refractivity contribution in [3.63, 3.8) is 0 Å². The van der Waals surface area contributed by atoms with Gasteiger partial charge in [0.15, 0.2) is 0 Å². The fourth-order valence-corrected chi connectivity index (χ4v) is 2.81. The highest BCUT2D eigenvalue weighted by molar-refractivity contribution is 4.96. The monoisotopic (exact) mass is 182 g/mol. The zero-order valence-electron chi connectivity index (χ0n) is 8.92. The second-order valence-corrected chi connectivity index (χ2v) is 5.74. The van der Waals surface area contributed by atoms with Crippen LogP contribution in [0.5, 0.6) is 0 Å². The molecule has 2 aliphatic carbocycles. The van der Waals surface area contributed by atoms with E-state index in [0.29, 0.717) is 11.3 Å². The van der Waals surface area contributed by atoms with Gasteiger partial charge < -0.3 is 5.11 Å². The van der Waals surface area contributed by atoms with Gasteiger partial charge in [0.05, 0.1) is 6.10 Å². The van der Waals surface area contributed by atoms with Gasteiger partial charge in [0, 0.05) is 0 Å². The molecule has 1 heteroatoms. The van der Waals surface area contributed by atoms with Crippen molar-refractivity contribution in [2.45, 2.75) is 58.5 Å². The van der Waals surface area contributed by atoms with Crippen LogP contribution < -0.4 is 0 Å². The van der Waals surface area contributed by atoms with Crippen LogP contribution in [0.25, 0.3) is 0 Å². The van der Waals surface area contributed by atoms with E-state index in [2.05, 4.69) is 13.8 Å². The molecule has 2 aliphatic rings. The third-order valence-corrected chi connectivity index (χ3v) is 4.17. The zero-order valence-corrected chi connectivity index (χ0v) is 8.92. The predicted molar refractivity (Wildman–Crippen MR) is 54.5 cm³/mol. The van der Waals surface area contributed by atoms with Gasteiger partial charge in [0.1, 0.15) is 0 Å². The van der Waals surface area contributed by atoms with E-state index >= 15 is 0 Å². The Labute approximate surface area is 81.5 Å². The van der Waals surface area contributed by atoms with Crippen molar-refractivity contribution in [2.24, 2.45) is 17.3 Å². The van der Waals surface area contributed by atoms with Crippen molar-refractivity contribution in [1.82, 2.24) is 0 Å². The van der Waals surface area contributed by atoms with Crippen LogP contribution >= 0.6 is 0 Å². The Hall–Kier alpha value is -0.0400. The summed E-state index contributed by atoms with van der Waals surface area (Å²) in [6, 6.07) is 0. The minimum absolute atomic E-state index is 0.0187. The number of rotatable bonds is 2. The highest BCUT2D eigenvalue weighted by Gasteiger charge is 2.46. The van der Waals surface area contributed by atoms with Crippen LogP contribution in [-0.2, 0) is 0 Å². The highest BCUT2D eigenvalue weighted by atomic mass is 16.3. The van der Waals surface area contributed by atoms with Gasteiger partial charge in [-0.05, 0) is 42.9 Å². The molecular formula is C12H22O. The lowest BCUT2D eigenvalue weighted by Crippen LogP contribution is -2.25. The van der Waals surface area contributed by atoms with Gasteiger partial charge in [0.25, 0.3) is 0 Å². The molecule has 2 rings (SSSR count). The molecule has 3 unspecified atom stereocenters. The summed E-state index contributed by atoms with van der Waals surface area (Å²) < 4.78 is 0. The fourth-order valence-electron chi connectivity index (χ4n) is 2.81. The van der Waals surface area contributed by atoms with Gasteiger partial charge in [-0.25, -0.2) is 0 Å². The van der Waals surface area contributed by atoms with Gasteiger partial charge in [-0.2, -0.15) is 0 Å². The normalized spacial score (nSPS) is 43.2. The van der Waals surface area contributed by atoms with Crippen LogP contribution in [0.4, 0.5) is 0 Å². The lowest BCUT2D eigenvalue weighted by atomic mass is 9.82. The molecule has 0 aliphatic heterocycles. The lowest BCUT2D eigenvalue weighted by Gasteiger charge is -2.27. The van der Waals surface area contributed by atoms with E-state index in [4.69, 9.17) is 0 Å². The Balaban J connectivity index is 1.81. The van der Waals surface area contributed by atoms with Crippen LogP contribution in [0.3, 0.4) is 0 Å². The van der Waals surface area contributed by atoms with Crippen molar-refractivity contribution >= 4 is 0 Å². The summed E-state index contributed by atoms with van der Waals surface area (Å²) in [5, 5.41) is 9.82. The van der Waals surface area contributed by atoms with Gasteiger partial charge in [0.2, 0.25) is 0 Å². The molecule has 0 amide bonds. The molecule has 2 fully saturated rings. The summed E-state index contributed by atoms with van der Waals surface area (Å²) in [7, 11) is 0. The first kappa shape index (κ1) is 9.51. The molecule has 0 aromatic carbocycles. The topological polar surface area (TPSA) is 20.2 Å². The third-order valence-electron chi connectivity index (χ3n) is 4.17. The number of hydrogen-bond acceptors (Lipinski definition) is 1. The van der Waals surface area contributed by atoms with E-state index in [1.165, 1.54) is 32.1 Å². The Morgan fingerprint density at radius 3 is 2.38 bits per heavy atom. The molecule has 1 nitrogen and oxygen atoms in total. The molecule has 13 heavy (non-hydrogen) atoms. The third kappa shape index (κ3) is 2.07. The van der Waals surface area contributed by atoms with Crippen molar-refractivity contribution in [3.8, 4) is 0 Å². The summed E-state index contributed by atoms with van der Waals surface area (Å²) in [6.07, 6.45) is 7.60. The minimum atomic E-state index is 0.0187. The van der Waals surface area contributed by atoms with Crippen LogP contribution in [0, 0.1) is 17.3 Å². The first-order valence-corrected chi connectivity index (χ1v) is 5.78. The fraction of sp³-hybridized carbons (Fsp3) is 1.00. The van der Waals surface area contributed by atoms with E-state index in [-0.39, 0.29) is 6.10 Å². The zero-order chi connectivity index (χ0) is 9.47. The molecule has 0 bridgehead atoms. The van der Waals surface area contributed by atoms with Crippen molar-refractivity contribution < 1.29 is 5.11 Å². The van der Waals surface area contributed by atoms with Crippen molar-refractivity contribution in [2.75, 3.05) is 0 Å². The van der Waals surface area contributed by atoms with Crippen LogP contribution in [-0.4, -0.2) is 11.2 Å². The molecule has 0 saturated heterocycles. The van der Waals surface area contributed by atoms with Crippen LogP contribution in [0.15, 0.2) is 0 Å². The number of aliphatic hydroxyl groups is 1. The molecule has 76 valence electrons. The van der Waals surface area contributed by atoms with Gasteiger partial charge in [-0.15, -0.1) is 0 Å². The summed E-state index contributed by atoms with van der Waals surface area (Å²) in [4.78, 5) is 0. The standard InChI is InChI=1S/C12H22O/c1-12(2)8-10(12)7-9-5-3-4-6-11(9)13/h9-11,13H,3-8H2,1-2H3. The molecular weight excluding hydrogens is 160 g/mol. The Bertz CT molecular complexity index is 186. The van der Waals surface area contributed by atoms with Crippen LogP contribution in [0.1, 0.15) is 52.4 Å². The Kier molecular flexibility index (Phi) is 2.39. The van der Waals surface area contributed by atoms with E-state index in [1.807, 2.05) is 0 Å². The van der Waals surface area contributed by atoms with E-state index in [0.717, 1.165) is 12.3 Å².